The van der Waals surface area contributed by atoms with Crippen molar-refractivity contribution in [2.45, 2.75) is 186 Å². The molecule has 5 rings (SSSR count). The summed E-state index contributed by atoms with van der Waals surface area (Å²) >= 11 is 4.54. The monoisotopic (exact) mass is 937 g/mol. The van der Waals surface area contributed by atoms with Crippen molar-refractivity contribution < 1.29 is 13.2 Å². The maximum atomic E-state index is 15.1. The molecule has 4 nitrogen and oxygen atoms in total. The van der Waals surface area contributed by atoms with Crippen LogP contribution in [0.2, 0.25) is 0 Å². The first-order valence-corrected chi connectivity index (χ1v) is 25.5. The molecular weight excluding hydrogens is 842 g/mol. The number of alkyl halides is 1. The maximum absolute atomic E-state index is 15.1. The fourth-order valence-electron chi connectivity index (χ4n) is 7.13. The molecule has 4 N–H and O–H groups in total. The number of unbranched alkanes of at least 4 members (excludes halogenated alkanes) is 2. The minimum Gasteiger partial charge on any atom is -0.357 e. The standard InChI is InChI=1S/C23H25F3N2.C17H26S.C8H19N.C4H10.C3H9N.C3H6/c1-4-14-11-17(24)20(18(25)12-14)22-21-16(9-10-28(22)13-23(2,3)26)15-7-5-6-8-19(15)27-21;1-5-6-7-14(4)12-15-8-10-16(11-9-15)17(18)13(2)3;1-6-9-7(2)8(3,4)5;1-3-4-2;1-2-3-4;1-3-2/h5-8,11-12,22,27H,4,9-10,13H2,1-3H3;8-11,14,18H,5-7,12H2,1-4H3;7,9H,6H2,1-5H3;3-4H2,1-2H3;2-4H2,1H3;3H,1H2,2H3. The summed E-state index contributed by atoms with van der Waals surface area (Å²) in [6, 6.07) is 19.5. The van der Waals surface area contributed by atoms with Crippen LogP contribution in [0.3, 0.4) is 0 Å². The van der Waals surface area contributed by atoms with Crippen LogP contribution < -0.4 is 11.1 Å². The zero-order valence-corrected chi connectivity index (χ0v) is 45.5. The van der Waals surface area contributed by atoms with Gasteiger partial charge in [-0.15, -0.1) is 19.2 Å². The van der Waals surface area contributed by atoms with E-state index in [1.165, 1.54) is 81.2 Å². The van der Waals surface area contributed by atoms with Gasteiger partial charge in [0.2, 0.25) is 0 Å². The molecule has 0 saturated carbocycles. The molecule has 4 aromatic rings. The average molecular weight is 937 g/mol. The number of nitrogens with two attached hydrogens (primary N) is 1. The van der Waals surface area contributed by atoms with Crippen molar-refractivity contribution >= 4 is 28.4 Å². The lowest BCUT2D eigenvalue weighted by Gasteiger charge is -2.38. The van der Waals surface area contributed by atoms with Gasteiger partial charge in [0.25, 0.3) is 0 Å². The number of aryl methyl sites for hydroxylation is 1. The highest BCUT2D eigenvalue weighted by molar-refractivity contribution is 7.90. The highest BCUT2D eigenvalue weighted by atomic mass is 32.1. The third kappa shape index (κ3) is 23.1. The number of hydrogen-bond donors (Lipinski definition) is 4. The van der Waals surface area contributed by atoms with E-state index >= 15 is 8.78 Å². The molecular formula is C58H95F3N4S. The van der Waals surface area contributed by atoms with Crippen molar-refractivity contribution in [1.82, 2.24) is 15.2 Å². The van der Waals surface area contributed by atoms with Crippen molar-refractivity contribution in [3.05, 3.63) is 124 Å². The Bertz CT molecular complexity index is 1900. The molecule has 8 heteroatoms. The Morgan fingerprint density at radius 1 is 0.894 bits per heavy atom. The molecule has 1 aliphatic heterocycles. The summed E-state index contributed by atoms with van der Waals surface area (Å²) in [5, 5.41) is 4.45. The van der Waals surface area contributed by atoms with E-state index in [-0.39, 0.29) is 12.1 Å². The predicted octanol–water partition coefficient (Wildman–Crippen LogP) is 16.8. The SMILES string of the molecule is C=CC.CCCC.CCCCC(C)Cc1ccc(C(S)=C(C)C)cc1.CCCN.CCNC(C)C(C)(C)C.CCc1cc(F)c(C2c3[nH]c4ccccc4c3CCN2CC(C)(C)F)c(F)c1. The second-order valence-electron chi connectivity index (χ2n) is 19.6. The van der Waals surface area contributed by atoms with Crippen LogP contribution in [0.1, 0.15) is 189 Å². The summed E-state index contributed by atoms with van der Waals surface area (Å²) in [5.41, 5.74) is 11.3. The van der Waals surface area contributed by atoms with Crippen molar-refractivity contribution in [3.8, 4) is 0 Å². The van der Waals surface area contributed by atoms with E-state index in [1.54, 1.807) is 6.08 Å². The molecule has 0 bridgehead atoms. The Kier molecular flexibility index (Phi) is 31.6. The third-order valence-electron chi connectivity index (χ3n) is 11.5. The Hall–Kier alpha value is -3.30. The lowest BCUT2D eigenvalue weighted by Crippen LogP contribution is -2.43. The molecule has 2 heterocycles. The van der Waals surface area contributed by atoms with Crippen LogP contribution in [-0.4, -0.2) is 47.8 Å². The lowest BCUT2D eigenvalue weighted by molar-refractivity contribution is 0.0962. The number of H-pyrrole nitrogens is 1. The van der Waals surface area contributed by atoms with E-state index in [9.17, 15) is 4.39 Å². The molecule has 1 aliphatic rings. The topological polar surface area (TPSA) is 57.1 Å². The summed E-state index contributed by atoms with van der Waals surface area (Å²) in [7, 11) is 0. The molecule has 1 aromatic heterocycles. The molecule has 3 aromatic carbocycles. The molecule has 374 valence electrons. The number of para-hydroxylation sites is 1. The fraction of sp³-hybridized carbons (Fsp3) is 0.586. The number of thiol groups is 1. The van der Waals surface area contributed by atoms with E-state index in [0.717, 1.165) is 52.5 Å². The van der Waals surface area contributed by atoms with Gasteiger partial charge in [0, 0.05) is 46.2 Å². The van der Waals surface area contributed by atoms with Gasteiger partial charge in [-0.3, -0.25) is 4.90 Å². The van der Waals surface area contributed by atoms with Crippen LogP contribution in [0, 0.1) is 23.0 Å². The van der Waals surface area contributed by atoms with Gasteiger partial charge < -0.3 is 16.0 Å². The molecule has 3 atom stereocenters. The molecule has 0 fully saturated rings. The van der Waals surface area contributed by atoms with Crippen LogP contribution in [0.25, 0.3) is 15.8 Å². The number of nitrogens with zero attached hydrogens (tertiary/aromatic N) is 1. The van der Waals surface area contributed by atoms with E-state index in [2.05, 4.69) is 137 Å². The first-order chi connectivity index (χ1) is 31.0. The zero-order chi connectivity index (χ0) is 50.6. The van der Waals surface area contributed by atoms with Gasteiger partial charge in [-0.05, 0) is 132 Å². The minimum absolute atomic E-state index is 0.00560. The van der Waals surface area contributed by atoms with Crippen LogP contribution in [0.4, 0.5) is 13.2 Å². The Labute approximate surface area is 408 Å². The minimum atomic E-state index is -1.47. The molecule has 0 amide bonds. The number of hydrogen-bond acceptors (Lipinski definition) is 4. The maximum Gasteiger partial charge on any atom is 0.131 e. The number of fused-ring (bicyclic) bond motifs is 3. The number of benzene rings is 3. The first-order valence-electron chi connectivity index (χ1n) is 25.0. The summed E-state index contributed by atoms with van der Waals surface area (Å²) in [6.45, 7) is 39.0. The molecule has 0 aliphatic carbocycles. The zero-order valence-electron chi connectivity index (χ0n) is 44.6. The number of aromatic amines is 1. The first kappa shape index (κ1) is 62.7. The third-order valence-corrected chi connectivity index (χ3v) is 12.2. The van der Waals surface area contributed by atoms with E-state index in [0.29, 0.717) is 36.4 Å². The Morgan fingerprint density at radius 3 is 1.86 bits per heavy atom. The number of rotatable bonds is 14. The van der Waals surface area contributed by atoms with Gasteiger partial charge in [-0.2, -0.15) is 0 Å². The van der Waals surface area contributed by atoms with Gasteiger partial charge in [0.1, 0.15) is 17.3 Å². The van der Waals surface area contributed by atoms with Gasteiger partial charge in [-0.25, -0.2) is 13.2 Å². The molecule has 66 heavy (non-hydrogen) atoms. The van der Waals surface area contributed by atoms with Crippen LogP contribution in [0.5, 0.6) is 0 Å². The molecule has 0 saturated heterocycles. The summed E-state index contributed by atoms with van der Waals surface area (Å²) in [5.74, 6) is -0.361. The van der Waals surface area contributed by atoms with Crippen LogP contribution in [-0.2, 0) is 19.3 Å². The van der Waals surface area contributed by atoms with Crippen LogP contribution >= 0.6 is 12.6 Å². The smallest absolute Gasteiger partial charge is 0.131 e. The molecule has 0 spiro atoms. The number of allylic oxidation sites excluding steroid dienone is 2. The largest absolute Gasteiger partial charge is 0.357 e. The van der Waals surface area contributed by atoms with Crippen molar-refractivity contribution in [2.75, 3.05) is 26.2 Å². The highest BCUT2D eigenvalue weighted by Crippen LogP contribution is 2.41. The number of nitrogens with one attached hydrogen (secondary N) is 2. The van der Waals surface area contributed by atoms with Crippen molar-refractivity contribution in [2.24, 2.45) is 17.1 Å². The average Bonchev–Trinajstić information content (AvgIpc) is 3.65. The van der Waals surface area contributed by atoms with Gasteiger partial charge >= 0.3 is 0 Å². The summed E-state index contributed by atoms with van der Waals surface area (Å²) in [4.78, 5) is 6.32. The normalized spacial score (nSPS) is 14.2. The van der Waals surface area contributed by atoms with Gasteiger partial charge in [-0.1, -0.05) is 155 Å². The summed E-state index contributed by atoms with van der Waals surface area (Å²) < 4.78 is 44.7. The van der Waals surface area contributed by atoms with Crippen molar-refractivity contribution in [1.29, 1.82) is 0 Å². The number of aromatic nitrogens is 1. The van der Waals surface area contributed by atoms with Gasteiger partial charge in [0.15, 0.2) is 0 Å². The number of halogens is 3. The van der Waals surface area contributed by atoms with E-state index < -0.39 is 23.3 Å². The second-order valence-corrected chi connectivity index (χ2v) is 20.0. The Balaban J connectivity index is 0.000000949. The van der Waals surface area contributed by atoms with Crippen molar-refractivity contribution in [3.63, 3.8) is 0 Å². The van der Waals surface area contributed by atoms with Gasteiger partial charge in [0.05, 0.1) is 6.04 Å². The quantitative estimate of drug-likeness (QED) is 0.0753. The molecule has 3 unspecified atom stereocenters. The van der Waals surface area contributed by atoms with E-state index in [4.69, 9.17) is 5.73 Å². The van der Waals surface area contributed by atoms with Crippen LogP contribution in [0.15, 0.2) is 78.9 Å². The highest BCUT2D eigenvalue weighted by Gasteiger charge is 2.37. The fourth-order valence-corrected chi connectivity index (χ4v) is 7.28. The summed E-state index contributed by atoms with van der Waals surface area (Å²) in [6.07, 6.45) is 11.9. The Morgan fingerprint density at radius 2 is 1.44 bits per heavy atom. The predicted molar refractivity (Wildman–Crippen MR) is 291 cm³/mol. The molecule has 0 radical (unpaired) electrons. The van der Waals surface area contributed by atoms with E-state index in [1.807, 2.05) is 43.0 Å². The lowest BCUT2D eigenvalue weighted by atomic mass is 9.88. The second kappa shape index (κ2) is 33.2.